The van der Waals surface area contributed by atoms with E-state index in [1.807, 2.05) is 4.90 Å². The molecule has 0 bridgehead atoms. The van der Waals surface area contributed by atoms with Crippen LogP contribution in [0.4, 0.5) is 0 Å². The van der Waals surface area contributed by atoms with E-state index in [0.717, 1.165) is 38.8 Å². The van der Waals surface area contributed by atoms with Crippen molar-refractivity contribution in [1.82, 2.24) is 10.2 Å². The molecule has 0 aromatic carbocycles. The fraction of sp³-hybridized carbons (Fsp3) is 0.917. The Hall–Kier alpha value is -0.610. The Morgan fingerprint density at radius 3 is 2.75 bits per heavy atom. The molecule has 2 aliphatic rings. The Balaban J connectivity index is 2.07. The predicted octanol–water partition coefficient (Wildman–Crippen LogP) is 0.359. The third-order valence-electron chi connectivity index (χ3n) is 3.96. The highest BCUT2D eigenvalue weighted by Crippen LogP contribution is 2.36. The molecule has 1 heterocycles. The molecule has 0 spiro atoms. The van der Waals surface area contributed by atoms with Gasteiger partial charge in [0.05, 0.1) is 12.0 Å². The van der Waals surface area contributed by atoms with Crippen LogP contribution in [0.2, 0.25) is 0 Å². The largest absolute Gasteiger partial charge is 0.395 e. The van der Waals surface area contributed by atoms with Crippen LogP contribution in [0.15, 0.2) is 0 Å². The summed E-state index contributed by atoms with van der Waals surface area (Å²) in [6.45, 7) is 4.42. The molecule has 1 aliphatic heterocycles. The lowest BCUT2D eigenvalue weighted by atomic mass is 9.82. The molecular formula is C12H22N2O2. The lowest BCUT2D eigenvalue weighted by molar-refractivity contribution is -0.142. The maximum Gasteiger partial charge on any atom is 0.230 e. The van der Waals surface area contributed by atoms with Crippen LogP contribution in [-0.4, -0.2) is 48.2 Å². The molecule has 2 N–H and O–H groups in total. The van der Waals surface area contributed by atoms with E-state index in [1.165, 1.54) is 0 Å². The standard InChI is InChI=1S/C12H22N2O2/c1-2-12(5-6-13-9-12)11(16)14(7-8-15)10-3-4-10/h10,13,15H,2-9H2,1H3. The molecule has 92 valence electrons. The van der Waals surface area contributed by atoms with Crippen molar-refractivity contribution >= 4 is 5.91 Å². The molecule has 1 amide bonds. The van der Waals surface area contributed by atoms with Gasteiger partial charge >= 0.3 is 0 Å². The zero-order chi connectivity index (χ0) is 11.6. The van der Waals surface area contributed by atoms with Gasteiger partial charge in [-0.25, -0.2) is 0 Å². The first-order valence-electron chi connectivity index (χ1n) is 6.36. The SMILES string of the molecule is CCC1(C(=O)N(CCO)C2CC2)CCNC1. The quantitative estimate of drug-likeness (QED) is 0.711. The van der Waals surface area contributed by atoms with Crippen molar-refractivity contribution in [2.45, 2.75) is 38.6 Å². The highest BCUT2D eigenvalue weighted by molar-refractivity contribution is 5.84. The first-order valence-corrected chi connectivity index (χ1v) is 6.36. The lowest BCUT2D eigenvalue weighted by Crippen LogP contribution is -2.47. The van der Waals surface area contributed by atoms with E-state index in [0.29, 0.717) is 12.6 Å². The minimum atomic E-state index is -0.197. The average Bonchev–Trinajstić information content (AvgIpc) is 3.02. The normalized spacial score (nSPS) is 29.4. The van der Waals surface area contributed by atoms with E-state index in [1.54, 1.807) is 0 Å². The van der Waals surface area contributed by atoms with Crippen LogP contribution in [0.25, 0.3) is 0 Å². The molecule has 1 saturated carbocycles. The van der Waals surface area contributed by atoms with Crippen LogP contribution < -0.4 is 5.32 Å². The number of carbonyl (C=O) groups is 1. The predicted molar refractivity (Wildman–Crippen MR) is 62.0 cm³/mol. The van der Waals surface area contributed by atoms with Gasteiger partial charge in [0, 0.05) is 19.1 Å². The fourth-order valence-corrected chi connectivity index (χ4v) is 2.63. The van der Waals surface area contributed by atoms with Crippen molar-refractivity contribution in [2.24, 2.45) is 5.41 Å². The van der Waals surface area contributed by atoms with Gasteiger partial charge in [-0.2, -0.15) is 0 Å². The molecule has 1 saturated heterocycles. The number of aliphatic hydroxyl groups excluding tert-OH is 1. The number of hydrogen-bond donors (Lipinski definition) is 2. The van der Waals surface area contributed by atoms with Gasteiger partial charge in [-0.05, 0) is 32.2 Å². The first kappa shape index (κ1) is 11.9. The summed E-state index contributed by atoms with van der Waals surface area (Å²) in [6.07, 6.45) is 4.06. The Morgan fingerprint density at radius 1 is 1.56 bits per heavy atom. The summed E-state index contributed by atoms with van der Waals surface area (Å²) in [7, 11) is 0. The van der Waals surface area contributed by atoms with Gasteiger partial charge in [0.1, 0.15) is 0 Å². The Kier molecular flexibility index (Phi) is 3.50. The van der Waals surface area contributed by atoms with Crippen LogP contribution in [0.5, 0.6) is 0 Å². The topological polar surface area (TPSA) is 52.6 Å². The van der Waals surface area contributed by atoms with Crippen molar-refractivity contribution in [3.05, 3.63) is 0 Å². The minimum absolute atomic E-state index is 0.0788. The third-order valence-corrected chi connectivity index (χ3v) is 3.96. The maximum absolute atomic E-state index is 12.5. The summed E-state index contributed by atoms with van der Waals surface area (Å²) in [5.74, 6) is 0.261. The van der Waals surface area contributed by atoms with E-state index < -0.39 is 0 Å². The molecule has 1 aliphatic carbocycles. The summed E-state index contributed by atoms with van der Waals surface area (Å²) >= 11 is 0. The molecule has 2 rings (SSSR count). The minimum Gasteiger partial charge on any atom is -0.395 e. The molecule has 16 heavy (non-hydrogen) atoms. The number of amides is 1. The lowest BCUT2D eigenvalue weighted by Gasteiger charge is -2.33. The first-order chi connectivity index (χ1) is 7.73. The van der Waals surface area contributed by atoms with Crippen LogP contribution in [0.3, 0.4) is 0 Å². The molecule has 2 fully saturated rings. The van der Waals surface area contributed by atoms with Crippen molar-refractivity contribution < 1.29 is 9.90 Å². The molecule has 4 nitrogen and oxygen atoms in total. The Morgan fingerprint density at radius 2 is 2.31 bits per heavy atom. The molecule has 0 radical (unpaired) electrons. The summed E-state index contributed by atoms with van der Waals surface area (Å²) in [5.41, 5.74) is -0.197. The van der Waals surface area contributed by atoms with Crippen LogP contribution >= 0.6 is 0 Å². The molecule has 0 aromatic rings. The second kappa shape index (κ2) is 4.72. The highest BCUT2D eigenvalue weighted by Gasteiger charge is 2.45. The van der Waals surface area contributed by atoms with Crippen molar-refractivity contribution in [1.29, 1.82) is 0 Å². The smallest absolute Gasteiger partial charge is 0.230 e. The van der Waals surface area contributed by atoms with Crippen LogP contribution in [-0.2, 0) is 4.79 Å². The molecule has 1 atom stereocenters. The number of rotatable bonds is 5. The summed E-state index contributed by atoms with van der Waals surface area (Å²) in [6, 6.07) is 0.406. The molecule has 0 aromatic heterocycles. The van der Waals surface area contributed by atoms with Crippen LogP contribution in [0, 0.1) is 5.41 Å². The van der Waals surface area contributed by atoms with E-state index in [-0.39, 0.29) is 17.9 Å². The maximum atomic E-state index is 12.5. The molecular weight excluding hydrogens is 204 g/mol. The van der Waals surface area contributed by atoms with Gasteiger partial charge in [0.2, 0.25) is 5.91 Å². The van der Waals surface area contributed by atoms with Crippen molar-refractivity contribution in [2.75, 3.05) is 26.2 Å². The van der Waals surface area contributed by atoms with Gasteiger partial charge in [0.25, 0.3) is 0 Å². The van der Waals surface area contributed by atoms with Crippen molar-refractivity contribution in [3.8, 4) is 0 Å². The summed E-state index contributed by atoms with van der Waals surface area (Å²) in [5, 5.41) is 12.3. The van der Waals surface area contributed by atoms with E-state index in [2.05, 4.69) is 12.2 Å². The van der Waals surface area contributed by atoms with Gasteiger partial charge in [-0.15, -0.1) is 0 Å². The summed E-state index contributed by atoms with van der Waals surface area (Å²) < 4.78 is 0. The monoisotopic (exact) mass is 226 g/mol. The average molecular weight is 226 g/mol. The van der Waals surface area contributed by atoms with E-state index in [9.17, 15) is 4.79 Å². The molecule has 1 unspecified atom stereocenters. The van der Waals surface area contributed by atoms with Crippen molar-refractivity contribution in [3.63, 3.8) is 0 Å². The van der Waals surface area contributed by atoms with Gasteiger partial charge in [0.15, 0.2) is 0 Å². The fourth-order valence-electron chi connectivity index (χ4n) is 2.63. The number of nitrogens with zero attached hydrogens (tertiary/aromatic N) is 1. The van der Waals surface area contributed by atoms with E-state index in [4.69, 9.17) is 5.11 Å². The summed E-state index contributed by atoms with van der Waals surface area (Å²) in [4.78, 5) is 14.5. The zero-order valence-electron chi connectivity index (χ0n) is 10.0. The van der Waals surface area contributed by atoms with Gasteiger partial charge in [-0.1, -0.05) is 6.92 Å². The van der Waals surface area contributed by atoms with Gasteiger partial charge < -0.3 is 15.3 Å². The van der Waals surface area contributed by atoms with Crippen LogP contribution in [0.1, 0.15) is 32.6 Å². The number of aliphatic hydroxyl groups is 1. The Labute approximate surface area is 97.0 Å². The number of nitrogens with one attached hydrogen (secondary N) is 1. The van der Waals surface area contributed by atoms with Gasteiger partial charge in [-0.3, -0.25) is 4.79 Å². The third kappa shape index (κ3) is 2.09. The second-order valence-corrected chi connectivity index (χ2v) is 5.01. The number of hydrogen-bond acceptors (Lipinski definition) is 3. The Bertz CT molecular complexity index is 258. The zero-order valence-corrected chi connectivity index (χ0v) is 10.0. The highest BCUT2D eigenvalue weighted by atomic mass is 16.3. The number of carbonyl (C=O) groups excluding carboxylic acids is 1. The van der Waals surface area contributed by atoms with E-state index >= 15 is 0 Å². The second-order valence-electron chi connectivity index (χ2n) is 5.01. The molecule has 4 heteroatoms.